The zero-order valence-corrected chi connectivity index (χ0v) is 30.4. The maximum atomic E-state index is 13.9. The van der Waals surface area contributed by atoms with Gasteiger partial charge in [-0.3, -0.25) is 0 Å². The lowest BCUT2D eigenvalue weighted by molar-refractivity contribution is 0.155. The molecule has 8 heteroatoms. The van der Waals surface area contributed by atoms with Crippen LogP contribution in [-0.4, -0.2) is 48.2 Å². The van der Waals surface area contributed by atoms with E-state index in [4.69, 9.17) is 9.47 Å². The van der Waals surface area contributed by atoms with Gasteiger partial charge in [-0.1, -0.05) is 108 Å². The second-order valence-electron chi connectivity index (χ2n) is 11.5. The van der Waals surface area contributed by atoms with E-state index in [-0.39, 0.29) is 0 Å². The van der Waals surface area contributed by atoms with Crippen molar-refractivity contribution < 1.29 is 19.1 Å². The van der Waals surface area contributed by atoms with Gasteiger partial charge in [-0.25, -0.2) is 9.59 Å². The molecule has 2 amide bonds. The first-order valence-corrected chi connectivity index (χ1v) is 18.6. The van der Waals surface area contributed by atoms with Gasteiger partial charge in [0.25, 0.3) is 0 Å². The standard InChI is InChI=1S/C42H40N2O4S2/c1-5-43(6-2)41(45)47-39-35(49-31-21-11-9-12-22-31)27-29-19-15-17-25-33(29)37(39)38-34-26-18-16-20-30(34)28-36(50-32-23-13-10-14-24-32)40(38)48-42(46)44(7-3)8-4/h9-28H,5-8H2,1-4H3. The maximum absolute atomic E-state index is 13.9. The molecule has 0 heterocycles. The van der Waals surface area contributed by atoms with E-state index in [9.17, 15) is 9.59 Å². The SMILES string of the molecule is CCN(CC)C(=O)Oc1c(Sc2ccccc2)cc2ccccc2c1-c1c(OC(=O)N(CC)CC)c(Sc2ccccc2)cc2ccccc12. The molecule has 0 saturated carbocycles. The third-order valence-electron chi connectivity index (χ3n) is 8.55. The van der Waals surface area contributed by atoms with Crippen molar-refractivity contribution in [3.05, 3.63) is 121 Å². The molecular formula is C42H40N2O4S2. The van der Waals surface area contributed by atoms with E-state index in [2.05, 4.69) is 24.3 Å². The molecule has 6 rings (SSSR count). The van der Waals surface area contributed by atoms with Crippen LogP contribution >= 0.6 is 23.5 Å². The molecule has 0 saturated heterocycles. The van der Waals surface area contributed by atoms with Crippen molar-refractivity contribution in [3.8, 4) is 22.6 Å². The maximum Gasteiger partial charge on any atom is 0.415 e. The number of amides is 2. The quantitative estimate of drug-likeness (QED) is 0.134. The van der Waals surface area contributed by atoms with Gasteiger partial charge >= 0.3 is 12.2 Å². The Bertz CT molecular complexity index is 1960. The zero-order valence-electron chi connectivity index (χ0n) is 28.7. The van der Waals surface area contributed by atoms with Crippen molar-refractivity contribution in [3.63, 3.8) is 0 Å². The van der Waals surface area contributed by atoms with Crippen LogP contribution in [0.2, 0.25) is 0 Å². The van der Waals surface area contributed by atoms with Crippen LogP contribution in [0.3, 0.4) is 0 Å². The molecular weight excluding hydrogens is 661 g/mol. The first-order valence-electron chi connectivity index (χ1n) is 17.0. The number of carbonyl (C=O) groups is 2. The molecule has 0 fully saturated rings. The summed E-state index contributed by atoms with van der Waals surface area (Å²) in [5.41, 5.74) is 1.38. The monoisotopic (exact) mass is 700 g/mol. The number of hydrogen-bond acceptors (Lipinski definition) is 6. The highest BCUT2D eigenvalue weighted by Gasteiger charge is 2.29. The summed E-state index contributed by atoms with van der Waals surface area (Å²) in [7, 11) is 0. The smallest absolute Gasteiger partial charge is 0.408 e. The Balaban J connectivity index is 1.73. The van der Waals surface area contributed by atoms with E-state index in [1.807, 2.05) is 125 Å². The predicted octanol–water partition coefficient (Wildman–Crippen LogP) is 11.6. The van der Waals surface area contributed by atoms with Crippen molar-refractivity contribution in [2.24, 2.45) is 0 Å². The Morgan fingerprint density at radius 3 is 1.20 bits per heavy atom. The van der Waals surface area contributed by atoms with Crippen LogP contribution < -0.4 is 9.47 Å². The fraction of sp³-hybridized carbons (Fsp3) is 0.190. The van der Waals surface area contributed by atoms with Gasteiger partial charge in [0, 0.05) is 47.1 Å². The minimum Gasteiger partial charge on any atom is -0.408 e. The first kappa shape index (κ1) is 34.9. The van der Waals surface area contributed by atoms with Crippen molar-refractivity contribution in [2.45, 2.75) is 47.3 Å². The molecule has 0 aliphatic carbocycles. The van der Waals surface area contributed by atoms with Crippen LogP contribution in [0.15, 0.2) is 141 Å². The second kappa shape index (κ2) is 16.2. The summed E-state index contributed by atoms with van der Waals surface area (Å²) >= 11 is 3.07. The number of nitrogens with zero attached hydrogens (tertiary/aromatic N) is 2. The highest BCUT2D eigenvalue weighted by molar-refractivity contribution is 7.99. The lowest BCUT2D eigenvalue weighted by atomic mass is 9.92. The van der Waals surface area contributed by atoms with Crippen LogP contribution in [0.5, 0.6) is 11.5 Å². The molecule has 0 aliphatic heterocycles. The van der Waals surface area contributed by atoms with Gasteiger partial charge < -0.3 is 19.3 Å². The van der Waals surface area contributed by atoms with E-state index in [1.54, 1.807) is 9.80 Å². The molecule has 0 N–H and O–H groups in total. The van der Waals surface area contributed by atoms with Gasteiger partial charge in [0.2, 0.25) is 0 Å². The van der Waals surface area contributed by atoms with E-state index < -0.39 is 12.2 Å². The van der Waals surface area contributed by atoms with Crippen molar-refractivity contribution >= 4 is 57.3 Å². The number of rotatable bonds is 11. The Morgan fingerprint density at radius 2 is 0.840 bits per heavy atom. The van der Waals surface area contributed by atoms with Gasteiger partial charge in [-0.05, 0) is 85.6 Å². The van der Waals surface area contributed by atoms with Crippen LogP contribution in [-0.2, 0) is 0 Å². The number of fused-ring (bicyclic) bond motifs is 2. The molecule has 50 heavy (non-hydrogen) atoms. The molecule has 6 nitrogen and oxygen atoms in total. The molecule has 0 spiro atoms. The lowest BCUT2D eigenvalue weighted by Gasteiger charge is -2.25. The van der Waals surface area contributed by atoms with Crippen molar-refractivity contribution in [1.82, 2.24) is 9.80 Å². The van der Waals surface area contributed by atoms with Crippen LogP contribution in [0.25, 0.3) is 32.7 Å². The first-order chi connectivity index (χ1) is 24.4. The lowest BCUT2D eigenvalue weighted by Crippen LogP contribution is -2.33. The number of benzene rings is 6. The summed E-state index contributed by atoms with van der Waals surface area (Å²) in [6, 6.07) is 40.5. The minimum absolute atomic E-state index is 0.418. The molecule has 0 aliphatic rings. The highest BCUT2D eigenvalue weighted by atomic mass is 32.2. The second-order valence-corrected chi connectivity index (χ2v) is 13.7. The predicted molar refractivity (Wildman–Crippen MR) is 206 cm³/mol. The summed E-state index contributed by atoms with van der Waals surface area (Å²) in [6.45, 7) is 9.75. The summed E-state index contributed by atoms with van der Waals surface area (Å²) < 4.78 is 13.0. The molecule has 0 atom stereocenters. The Morgan fingerprint density at radius 1 is 0.500 bits per heavy atom. The molecule has 0 radical (unpaired) electrons. The van der Waals surface area contributed by atoms with E-state index in [1.165, 1.54) is 23.5 Å². The van der Waals surface area contributed by atoms with Gasteiger partial charge in [0.1, 0.15) is 0 Å². The molecule has 0 unspecified atom stereocenters. The number of hydrogen-bond donors (Lipinski definition) is 0. The van der Waals surface area contributed by atoms with Crippen LogP contribution in [0.1, 0.15) is 27.7 Å². The molecule has 254 valence electrons. The van der Waals surface area contributed by atoms with Crippen LogP contribution in [0, 0.1) is 0 Å². The van der Waals surface area contributed by atoms with E-state index in [0.717, 1.165) is 41.1 Å². The minimum atomic E-state index is -0.442. The highest BCUT2D eigenvalue weighted by Crippen LogP contribution is 2.53. The number of ether oxygens (including phenoxy) is 2. The molecule has 6 aromatic carbocycles. The van der Waals surface area contributed by atoms with Crippen LogP contribution in [0.4, 0.5) is 9.59 Å². The Labute approximate surface area is 302 Å². The fourth-order valence-corrected chi connectivity index (χ4v) is 7.89. The van der Waals surface area contributed by atoms with Gasteiger partial charge in [-0.2, -0.15) is 0 Å². The third kappa shape index (κ3) is 7.47. The van der Waals surface area contributed by atoms with Gasteiger partial charge in [0.05, 0.1) is 9.79 Å². The van der Waals surface area contributed by atoms with Gasteiger partial charge in [0.15, 0.2) is 11.5 Å². The van der Waals surface area contributed by atoms with Gasteiger partial charge in [-0.15, -0.1) is 0 Å². The largest absolute Gasteiger partial charge is 0.415 e. The summed E-state index contributed by atoms with van der Waals surface area (Å²) in [4.78, 5) is 34.7. The molecule has 0 aromatic heterocycles. The molecule has 0 bridgehead atoms. The Kier molecular flexibility index (Phi) is 11.3. The zero-order chi connectivity index (χ0) is 35.0. The number of carbonyl (C=O) groups excluding carboxylic acids is 2. The summed E-state index contributed by atoms with van der Waals surface area (Å²) in [6.07, 6.45) is -0.885. The van der Waals surface area contributed by atoms with E-state index in [0.29, 0.717) is 48.8 Å². The average molecular weight is 701 g/mol. The van der Waals surface area contributed by atoms with E-state index >= 15 is 0 Å². The average Bonchev–Trinajstić information content (AvgIpc) is 3.14. The van der Waals surface area contributed by atoms with Crippen molar-refractivity contribution in [2.75, 3.05) is 26.2 Å². The normalized spacial score (nSPS) is 11.0. The topological polar surface area (TPSA) is 59.1 Å². The Hall–Kier alpha value is -4.92. The third-order valence-corrected chi connectivity index (χ3v) is 10.6. The molecule has 6 aromatic rings. The van der Waals surface area contributed by atoms with Crippen molar-refractivity contribution in [1.29, 1.82) is 0 Å². The summed E-state index contributed by atoms with van der Waals surface area (Å²) in [5.74, 6) is 0.836. The fourth-order valence-electron chi connectivity index (χ4n) is 5.95. The summed E-state index contributed by atoms with van der Waals surface area (Å²) in [5, 5.41) is 3.68.